The fourth-order valence-corrected chi connectivity index (χ4v) is 1.92. The van der Waals surface area contributed by atoms with Gasteiger partial charge in [0.1, 0.15) is 0 Å². The molecular weight excluding hydrogens is 174 g/mol. The number of carbonyl (C=O) groups excluding carboxylic acids is 1. The molecule has 0 atom stereocenters. The van der Waals surface area contributed by atoms with Crippen molar-refractivity contribution in [2.45, 2.75) is 25.7 Å². The molecule has 1 aliphatic rings. The highest BCUT2D eigenvalue weighted by molar-refractivity contribution is 5.97. The fraction of sp³-hybridized carbons (Fsp3) is 0.333. The van der Waals surface area contributed by atoms with Crippen LogP contribution in [0.5, 0.6) is 0 Å². The van der Waals surface area contributed by atoms with Gasteiger partial charge in [0, 0.05) is 5.56 Å². The van der Waals surface area contributed by atoms with Crippen molar-refractivity contribution < 1.29 is 4.79 Å². The van der Waals surface area contributed by atoms with E-state index in [0.29, 0.717) is 5.56 Å². The maximum Gasteiger partial charge on any atom is 0.176 e. The lowest BCUT2D eigenvalue weighted by Crippen LogP contribution is -1.98. The van der Waals surface area contributed by atoms with Crippen LogP contribution in [-0.4, -0.2) is 5.78 Å². The van der Waals surface area contributed by atoms with Crippen LogP contribution in [-0.2, 0) is 12.8 Å². The Balaban J connectivity index is 2.29. The highest BCUT2D eigenvalue weighted by Gasteiger charge is 2.13. The van der Waals surface area contributed by atoms with Crippen molar-refractivity contribution in [2.24, 2.45) is 0 Å². The van der Waals surface area contributed by atoms with Crippen LogP contribution in [0.15, 0.2) is 18.2 Å². The van der Waals surface area contributed by atoms with Gasteiger partial charge in [-0.3, -0.25) is 4.79 Å². The first-order chi connectivity index (χ1) is 6.81. The third-order valence-electron chi connectivity index (χ3n) is 2.66. The second-order valence-electron chi connectivity index (χ2n) is 3.60. The minimum absolute atomic E-state index is 0.0151. The third-order valence-corrected chi connectivity index (χ3v) is 2.66. The van der Waals surface area contributed by atoms with Crippen LogP contribution in [0.25, 0.3) is 0 Å². The van der Waals surface area contributed by atoms with E-state index in [2.05, 4.69) is 0 Å². The van der Waals surface area contributed by atoms with Gasteiger partial charge in [-0.25, -0.2) is 0 Å². The number of carbonyl (C=O) groups is 1. The molecule has 2 heteroatoms. The Kier molecular flexibility index (Phi) is 2.32. The van der Waals surface area contributed by atoms with Gasteiger partial charge in [0.2, 0.25) is 0 Å². The molecule has 0 bridgehead atoms. The second-order valence-corrected chi connectivity index (χ2v) is 3.60. The zero-order chi connectivity index (χ0) is 9.97. The lowest BCUT2D eigenvalue weighted by molar-refractivity contribution is 0.0997. The zero-order valence-electron chi connectivity index (χ0n) is 7.92. The summed E-state index contributed by atoms with van der Waals surface area (Å²) in [7, 11) is 0. The van der Waals surface area contributed by atoms with Gasteiger partial charge in [-0.1, -0.05) is 12.1 Å². The number of nitriles is 1. The molecule has 0 amide bonds. The Bertz CT molecular complexity index is 415. The van der Waals surface area contributed by atoms with Crippen molar-refractivity contribution in [3.8, 4) is 6.07 Å². The predicted octanol–water partition coefficient (Wildman–Crippen LogP) is 2.27. The number of Topliss-reactive ketones (excluding diaryl/α,β-unsaturated/α-hetero) is 1. The van der Waals surface area contributed by atoms with Crippen molar-refractivity contribution in [1.82, 2.24) is 0 Å². The summed E-state index contributed by atoms with van der Waals surface area (Å²) in [5.74, 6) is -0.0674. The number of aryl methyl sites for hydroxylation is 2. The summed E-state index contributed by atoms with van der Waals surface area (Å²) in [4.78, 5) is 11.4. The van der Waals surface area contributed by atoms with E-state index in [1.807, 2.05) is 24.3 Å². The summed E-state index contributed by atoms with van der Waals surface area (Å²) in [5, 5.41) is 8.42. The van der Waals surface area contributed by atoms with Crippen molar-refractivity contribution in [2.75, 3.05) is 0 Å². The number of fused-ring (bicyclic) bond motifs is 1. The molecule has 14 heavy (non-hydrogen) atoms. The van der Waals surface area contributed by atoms with Gasteiger partial charge in [-0.2, -0.15) is 5.26 Å². The Morgan fingerprint density at radius 2 is 2.14 bits per heavy atom. The van der Waals surface area contributed by atoms with Crippen molar-refractivity contribution in [3.63, 3.8) is 0 Å². The standard InChI is InChI=1S/C12H11NO/c13-7-6-12(14)11-5-4-9-2-1-3-10(9)8-11/h4-5,8H,1-3,6H2. The maximum atomic E-state index is 11.4. The average molecular weight is 185 g/mol. The number of hydrogen-bond donors (Lipinski definition) is 0. The van der Waals surface area contributed by atoms with Crippen LogP contribution in [0.3, 0.4) is 0 Å². The van der Waals surface area contributed by atoms with Gasteiger partial charge in [0.05, 0.1) is 12.5 Å². The van der Waals surface area contributed by atoms with E-state index < -0.39 is 0 Å². The quantitative estimate of drug-likeness (QED) is 0.663. The van der Waals surface area contributed by atoms with Gasteiger partial charge >= 0.3 is 0 Å². The first kappa shape index (κ1) is 8.96. The molecule has 70 valence electrons. The highest BCUT2D eigenvalue weighted by Crippen LogP contribution is 2.23. The summed E-state index contributed by atoms with van der Waals surface area (Å²) in [6.07, 6.45) is 3.37. The predicted molar refractivity (Wildman–Crippen MR) is 53.0 cm³/mol. The van der Waals surface area contributed by atoms with E-state index >= 15 is 0 Å². The largest absolute Gasteiger partial charge is 0.293 e. The lowest BCUT2D eigenvalue weighted by atomic mass is 10.0. The summed E-state index contributed by atoms with van der Waals surface area (Å²) < 4.78 is 0. The molecule has 1 aromatic rings. The van der Waals surface area contributed by atoms with E-state index in [-0.39, 0.29) is 12.2 Å². The molecule has 0 unspecified atom stereocenters. The normalized spacial score (nSPS) is 13.4. The molecule has 0 spiro atoms. The Labute approximate surface area is 83.2 Å². The molecule has 0 saturated heterocycles. The third kappa shape index (κ3) is 1.54. The zero-order valence-corrected chi connectivity index (χ0v) is 7.92. The lowest BCUT2D eigenvalue weighted by Gasteiger charge is -2.01. The summed E-state index contributed by atoms with van der Waals surface area (Å²) >= 11 is 0. The van der Waals surface area contributed by atoms with Gasteiger partial charge in [-0.15, -0.1) is 0 Å². The van der Waals surface area contributed by atoms with E-state index in [1.165, 1.54) is 17.5 Å². The van der Waals surface area contributed by atoms with Crippen LogP contribution >= 0.6 is 0 Å². The highest BCUT2D eigenvalue weighted by atomic mass is 16.1. The van der Waals surface area contributed by atoms with Crippen molar-refractivity contribution >= 4 is 5.78 Å². The molecule has 0 aliphatic heterocycles. The van der Waals surface area contributed by atoms with Crippen LogP contribution < -0.4 is 0 Å². The van der Waals surface area contributed by atoms with E-state index in [9.17, 15) is 4.79 Å². The molecule has 1 aromatic carbocycles. The van der Waals surface area contributed by atoms with Gasteiger partial charge in [0.15, 0.2) is 5.78 Å². The van der Waals surface area contributed by atoms with E-state index in [0.717, 1.165) is 12.8 Å². The van der Waals surface area contributed by atoms with Gasteiger partial charge < -0.3 is 0 Å². The average Bonchev–Trinajstić information content (AvgIpc) is 2.64. The topological polar surface area (TPSA) is 40.9 Å². The first-order valence-electron chi connectivity index (χ1n) is 4.83. The molecule has 0 aromatic heterocycles. The van der Waals surface area contributed by atoms with E-state index in [1.54, 1.807) is 0 Å². The molecule has 0 radical (unpaired) electrons. The Hall–Kier alpha value is -1.62. The molecule has 2 rings (SSSR count). The second kappa shape index (κ2) is 3.63. The van der Waals surface area contributed by atoms with Crippen LogP contribution in [0.1, 0.15) is 34.3 Å². The SMILES string of the molecule is N#CCC(=O)c1ccc2c(c1)CCC2. The van der Waals surface area contributed by atoms with Crippen LogP contribution in [0.4, 0.5) is 0 Å². The smallest absolute Gasteiger partial charge is 0.176 e. The molecule has 1 aliphatic carbocycles. The number of hydrogen-bond acceptors (Lipinski definition) is 2. The van der Waals surface area contributed by atoms with Crippen LogP contribution in [0.2, 0.25) is 0 Å². The minimum atomic E-state index is -0.0674. The number of rotatable bonds is 2. The minimum Gasteiger partial charge on any atom is -0.293 e. The van der Waals surface area contributed by atoms with Crippen LogP contribution in [0, 0.1) is 11.3 Å². The number of ketones is 1. The maximum absolute atomic E-state index is 11.4. The number of benzene rings is 1. The fourth-order valence-electron chi connectivity index (χ4n) is 1.92. The van der Waals surface area contributed by atoms with Gasteiger partial charge in [0.25, 0.3) is 0 Å². The Morgan fingerprint density at radius 1 is 1.36 bits per heavy atom. The van der Waals surface area contributed by atoms with Gasteiger partial charge in [-0.05, 0) is 36.5 Å². The van der Waals surface area contributed by atoms with Crippen molar-refractivity contribution in [1.29, 1.82) is 5.26 Å². The molecule has 0 heterocycles. The molecule has 2 nitrogen and oxygen atoms in total. The molecule has 0 N–H and O–H groups in total. The van der Waals surface area contributed by atoms with E-state index in [4.69, 9.17) is 5.26 Å². The first-order valence-corrected chi connectivity index (χ1v) is 4.83. The molecular formula is C12H11NO. The molecule has 0 saturated carbocycles. The summed E-state index contributed by atoms with van der Waals surface area (Å²) in [5.41, 5.74) is 3.33. The molecule has 0 fully saturated rings. The monoisotopic (exact) mass is 185 g/mol. The number of nitrogens with zero attached hydrogens (tertiary/aromatic N) is 1. The Morgan fingerprint density at radius 3 is 2.93 bits per heavy atom. The van der Waals surface area contributed by atoms with Crippen molar-refractivity contribution in [3.05, 3.63) is 34.9 Å². The summed E-state index contributed by atoms with van der Waals surface area (Å²) in [6, 6.07) is 7.69. The summed E-state index contributed by atoms with van der Waals surface area (Å²) in [6.45, 7) is 0.